The van der Waals surface area contributed by atoms with E-state index >= 15 is 0 Å². The monoisotopic (exact) mass is 224 g/mol. The van der Waals surface area contributed by atoms with Crippen LogP contribution >= 0.6 is 0 Å². The average Bonchev–Trinajstić information content (AvgIpc) is 2.22. The van der Waals surface area contributed by atoms with Crippen molar-refractivity contribution in [1.82, 2.24) is 0 Å². The van der Waals surface area contributed by atoms with Crippen molar-refractivity contribution in [2.75, 3.05) is 0 Å². The van der Waals surface area contributed by atoms with Gasteiger partial charge in [-0.2, -0.15) is 0 Å². The summed E-state index contributed by atoms with van der Waals surface area (Å²) in [4.78, 5) is 11.1. The van der Waals surface area contributed by atoms with Gasteiger partial charge in [-0.15, -0.1) is 0 Å². The van der Waals surface area contributed by atoms with Crippen molar-refractivity contribution in [3.8, 4) is 5.75 Å². The van der Waals surface area contributed by atoms with Crippen molar-refractivity contribution in [1.29, 1.82) is 0 Å². The van der Waals surface area contributed by atoms with Gasteiger partial charge < -0.3 is 9.15 Å². The number of hydrogen-bond acceptors (Lipinski definition) is 3. The van der Waals surface area contributed by atoms with Crippen LogP contribution in [0.25, 0.3) is 0 Å². The fraction of sp³-hybridized carbons (Fsp3) is 0.615. The van der Waals surface area contributed by atoms with Crippen molar-refractivity contribution >= 4 is 0 Å². The fourth-order valence-electron chi connectivity index (χ4n) is 1.61. The second-order valence-electron chi connectivity index (χ2n) is 4.01. The molecule has 16 heavy (non-hydrogen) atoms. The Kier molecular flexibility index (Phi) is 5.09. The van der Waals surface area contributed by atoms with E-state index in [0.29, 0.717) is 11.5 Å². The first-order chi connectivity index (χ1) is 7.65. The molecule has 1 aromatic rings. The molecule has 1 heterocycles. The molecule has 0 spiro atoms. The Morgan fingerprint density at radius 1 is 1.38 bits per heavy atom. The van der Waals surface area contributed by atoms with Crippen LogP contribution in [0.15, 0.2) is 21.3 Å². The van der Waals surface area contributed by atoms with Crippen LogP contribution in [0.1, 0.15) is 45.3 Å². The van der Waals surface area contributed by atoms with E-state index in [9.17, 15) is 4.79 Å². The zero-order valence-electron chi connectivity index (χ0n) is 10.3. The van der Waals surface area contributed by atoms with Gasteiger partial charge in [-0.05, 0) is 19.8 Å². The molecule has 0 saturated carbocycles. The summed E-state index contributed by atoms with van der Waals surface area (Å²) in [5, 5.41) is 0. The lowest BCUT2D eigenvalue weighted by atomic mass is 10.1. The first-order valence-corrected chi connectivity index (χ1v) is 5.94. The number of ether oxygens (including phenoxy) is 1. The van der Waals surface area contributed by atoms with E-state index in [2.05, 4.69) is 13.8 Å². The Bertz CT molecular complexity index is 368. The summed E-state index contributed by atoms with van der Waals surface area (Å²) in [6.07, 6.45) is 4.50. The summed E-state index contributed by atoms with van der Waals surface area (Å²) in [5.74, 6) is 1.21. The molecule has 1 aromatic heterocycles. The molecule has 0 unspecified atom stereocenters. The summed E-state index contributed by atoms with van der Waals surface area (Å²) in [5.41, 5.74) is -0.347. The van der Waals surface area contributed by atoms with Crippen LogP contribution in [0.3, 0.4) is 0 Å². The van der Waals surface area contributed by atoms with Crippen molar-refractivity contribution in [2.24, 2.45) is 0 Å². The molecule has 0 aliphatic rings. The minimum absolute atomic E-state index is 0.196. The van der Waals surface area contributed by atoms with Gasteiger partial charge >= 0.3 is 5.63 Å². The normalized spacial score (nSPS) is 12.4. The zero-order valence-corrected chi connectivity index (χ0v) is 10.3. The van der Waals surface area contributed by atoms with Crippen LogP contribution in [-0.4, -0.2) is 6.10 Å². The summed E-state index contributed by atoms with van der Waals surface area (Å²) < 4.78 is 10.6. The third-order valence-electron chi connectivity index (χ3n) is 2.50. The lowest BCUT2D eigenvalue weighted by Crippen LogP contribution is -2.16. The third-order valence-corrected chi connectivity index (χ3v) is 2.50. The van der Waals surface area contributed by atoms with Gasteiger partial charge in [0.15, 0.2) is 0 Å². The summed E-state index contributed by atoms with van der Waals surface area (Å²) in [6, 6.07) is 3.16. The van der Waals surface area contributed by atoms with Crippen molar-refractivity contribution in [2.45, 2.75) is 52.6 Å². The van der Waals surface area contributed by atoms with Crippen LogP contribution < -0.4 is 10.4 Å². The van der Waals surface area contributed by atoms with E-state index in [1.54, 1.807) is 13.0 Å². The average molecular weight is 224 g/mol. The Morgan fingerprint density at radius 3 is 2.69 bits per heavy atom. The molecule has 0 amide bonds. The maximum Gasteiger partial charge on any atom is 0.339 e. The molecule has 0 fully saturated rings. The van der Waals surface area contributed by atoms with E-state index in [0.717, 1.165) is 25.7 Å². The molecule has 1 atom stereocenters. The van der Waals surface area contributed by atoms with Gasteiger partial charge in [0.25, 0.3) is 0 Å². The van der Waals surface area contributed by atoms with Crippen molar-refractivity contribution < 1.29 is 9.15 Å². The molecular formula is C13H20O3. The van der Waals surface area contributed by atoms with E-state index < -0.39 is 0 Å². The molecule has 90 valence electrons. The van der Waals surface area contributed by atoms with Gasteiger partial charge in [-0.25, -0.2) is 4.79 Å². The Labute approximate surface area is 96.4 Å². The molecular weight excluding hydrogens is 204 g/mol. The van der Waals surface area contributed by atoms with E-state index in [4.69, 9.17) is 9.15 Å². The lowest BCUT2D eigenvalue weighted by molar-refractivity contribution is 0.181. The Balaban J connectivity index is 2.66. The quantitative estimate of drug-likeness (QED) is 0.744. The second kappa shape index (κ2) is 6.36. The van der Waals surface area contributed by atoms with Crippen LogP contribution in [-0.2, 0) is 0 Å². The van der Waals surface area contributed by atoms with E-state index in [1.807, 2.05) is 0 Å². The predicted molar refractivity (Wildman–Crippen MR) is 63.9 cm³/mol. The molecule has 0 aromatic carbocycles. The summed E-state index contributed by atoms with van der Waals surface area (Å²) in [6.45, 7) is 6.01. The van der Waals surface area contributed by atoms with Crippen LogP contribution in [0.5, 0.6) is 5.75 Å². The van der Waals surface area contributed by atoms with Gasteiger partial charge in [0.2, 0.25) is 0 Å². The van der Waals surface area contributed by atoms with Gasteiger partial charge in [0.05, 0.1) is 12.2 Å². The van der Waals surface area contributed by atoms with Crippen LogP contribution in [0.2, 0.25) is 0 Å². The minimum atomic E-state index is -0.347. The number of rotatable bonds is 6. The highest BCUT2D eigenvalue weighted by Gasteiger charge is 2.08. The lowest BCUT2D eigenvalue weighted by Gasteiger charge is -2.16. The first kappa shape index (κ1) is 12.8. The molecule has 0 bridgehead atoms. The van der Waals surface area contributed by atoms with E-state index in [1.165, 1.54) is 6.07 Å². The van der Waals surface area contributed by atoms with Crippen molar-refractivity contribution in [3.63, 3.8) is 0 Å². The topological polar surface area (TPSA) is 39.4 Å². The highest BCUT2D eigenvalue weighted by molar-refractivity contribution is 5.20. The number of aryl methyl sites for hydroxylation is 1. The summed E-state index contributed by atoms with van der Waals surface area (Å²) in [7, 11) is 0. The molecule has 0 aliphatic heterocycles. The minimum Gasteiger partial charge on any atom is -0.490 e. The third kappa shape index (κ3) is 4.09. The molecule has 0 radical (unpaired) electrons. The molecule has 0 N–H and O–H groups in total. The summed E-state index contributed by atoms with van der Waals surface area (Å²) >= 11 is 0. The SMILES string of the molecule is CCCC[C@H](CC)Oc1cc(C)oc(=O)c1. The number of unbranched alkanes of at least 4 members (excludes halogenated alkanes) is 1. The molecule has 0 saturated heterocycles. The smallest absolute Gasteiger partial charge is 0.339 e. The van der Waals surface area contributed by atoms with Crippen molar-refractivity contribution in [3.05, 3.63) is 28.3 Å². The highest BCUT2D eigenvalue weighted by Crippen LogP contribution is 2.16. The first-order valence-electron chi connectivity index (χ1n) is 5.94. The maximum atomic E-state index is 11.1. The zero-order chi connectivity index (χ0) is 12.0. The second-order valence-corrected chi connectivity index (χ2v) is 4.01. The Morgan fingerprint density at radius 2 is 2.12 bits per heavy atom. The van der Waals surface area contributed by atoms with Gasteiger partial charge in [-0.3, -0.25) is 0 Å². The van der Waals surface area contributed by atoms with Gasteiger partial charge in [-0.1, -0.05) is 26.7 Å². The van der Waals surface area contributed by atoms with E-state index in [-0.39, 0.29) is 11.7 Å². The standard InChI is InChI=1S/C13H20O3/c1-4-6-7-11(5-2)16-12-8-10(3)15-13(14)9-12/h8-9,11H,4-7H2,1-3H3/t11-/m0/s1. The van der Waals surface area contributed by atoms with Gasteiger partial charge in [0, 0.05) is 6.07 Å². The molecule has 1 rings (SSSR count). The maximum absolute atomic E-state index is 11.1. The van der Waals surface area contributed by atoms with Crippen LogP contribution in [0, 0.1) is 6.92 Å². The molecule has 3 heteroatoms. The van der Waals surface area contributed by atoms with Crippen LogP contribution in [0.4, 0.5) is 0 Å². The Hall–Kier alpha value is -1.25. The molecule has 3 nitrogen and oxygen atoms in total. The highest BCUT2D eigenvalue weighted by atomic mass is 16.5. The largest absolute Gasteiger partial charge is 0.490 e. The number of hydrogen-bond donors (Lipinski definition) is 0. The molecule has 0 aliphatic carbocycles. The predicted octanol–water partition coefficient (Wildman–Crippen LogP) is 3.30. The fourth-order valence-corrected chi connectivity index (χ4v) is 1.61. The van der Waals surface area contributed by atoms with Gasteiger partial charge in [0.1, 0.15) is 11.5 Å².